The minimum absolute atomic E-state index is 0.136. The van der Waals surface area contributed by atoms with E-state index in [1.165, 1.54) is 30.6 Å². The Morgan fingerprint density at radius 1 is 1.35 bits per heavy atom. The van der Waals surface area contributed by atoms with Crippen molar-refractivity contribution < 1.29 is 12.8 Å². The fraction of sp³-hybridized carbons (Fsp3) is 0.154. The summed E-state index contributed by atoms with van der Waals surface area (Å²) in [6, 6.07) is 5.29. The molecule has 0 fully saturated rings. The first-order valence-corrected chi connectivity index (χ1v) is 7.34. The summed E-state index contributed by atoms with van der Waals surface area (Å²) in [6.45, 7) is 1.84. The van der Waals surface area contributed by atoms with Crippen LogP contribution in [0.15, 0.2) is 41.6 Å². The molecular weight excluding hydrogens is 281 g/mol. The Morgan fingerprint density at radius 2 is 2.10 bits per heavy atom. The molecule has 3 N–H and O–H groups in total. The number of benzene rings is 1. The van der Waals surface area contributed by atoms with Gasteiger partial charge in [-0.25, -0.2) is 12.8 Å². The molecule has 0 aliphatic heterocycles. The van der Waals surface area contributed by atoms with Gasteiger partial charge in [0.1, 0.15) is 10.7 Å². The summed E-state index contributed by atoms with van der Waals surface area (Å²) in [7, 11) is -4.01. The fourth-order valence-corrected chi connectivity index (χ4v) is 2.93. The van der Waals surface area contributed by atoms with E-state index in [0.717, 1.165) is 6.07 Å². The van der Waals surface area contributed by atoms with Gasteiger partial charge >= 0.3 is 0 Å². The lowest BCUT2D eigenvalue weighted by Crippen LogP contribution is -2.16. The lowest BCUT2D eigenvalue weighted by atomic mass is 10.2. The van der Waals surface area contributed by atoms with E-state index in [4.69, 9.17) is 5.73 Å². The number of pyridine rings is 1. The van der Waals surface area contributed by atoms with Gasteiger partial charge in [-0.1, -0.05) is 6.07 Å². The summed E-state index contributed by atoms with van der Waals surface area (Å²) in [4.78, 5) is 3.45. The maximum atomic E-state index is 13.7. The van der Waals surface area contributed by atoms with Crippen LogP contribution in [0.25, 0.3) is 0 Å². The lowest BCUT2D eigenvalue weighted by Gasteiger charge is -2.11. The summed E-state index contributed by atoms with van der Waals surface area (Å²) >= 11 is 0. The second-order valence-corrected chi connectivity index (χ2v) is 5.92. The molecule has 2 aromatic rings. The van der Waals surface area contributed by atoms with Gasteiger partial charge in [-0.15, -0.1) is 0 Å². The zero-order valence-corrected chi connectivity index (χ0v) is 11.6. The number of aryl methyl sites for hydroxylation is 1. The molecule has 2 rings (SSSR count). The van der Waals surface area contributed by atoms with Crippen LogP contribution in [0.1, 0.15) is 11.1 Å². The highest BCUT2D eigenvalue weighted by Crippen LogP contribution is 2.21. The van der Waals surface area contributed by atoms with E-state index in [-0.39, 0.29) is 6.54 Å². The Labute approximate surface area is 116 Å². The van der Waals surface area contributed by atoms with Crippen LogP contribution in [0, 0.1) is 12.7 Å². The standard InChI is InChI=1S/C13H14FN3O2S/c1-9-8-16-5-4-12(9)17-20(18,19)13-6-10(7-15)2-3-11(13)14/h2-6,8H,7,15H2,1H3,(H,16,17). The summed E-state index contributed by atoms with van der Waals surface area (Å²) in [5.41, 5.74) is 6.99. The van der Waals surface area contributed by atoms with E-state index in [9.17, 15) is 12.8 Å². The van der Waals surface area contributed by atoms with Gasteiger partial charge in [0.25, 0.3) is 10.0 Å². The first kappa shape index (κ1) is 14.4. The minimum atomic E-state index is -4.01. The number of hydrogen-bond donors (Lipinski definition) is 2. The van der Waals surface area contributed by atoms with Crippen molar-refractivity contribution in [2.45, 2.75) is 18.4 Å². The van der Waals surface area contributed by atoms with Crippen LogP contribution in [-0.2, 0) is 16.6 Å². The number of nitrogens with two attached hydrogens (primary N) is 1. The van der Waals surface area contributed by atoms with E-state index >= 15 is 0 Å². The predicted octanol–water partition coefficient (Wildman–Crippen LogP) is 1.79. The maximum absolute atomic E-state index is 13.7. The number of sulfonamides is 1. The zero-order chi connectivity index (χ0) is 14.8. The fourth-order valence-electron chi connectivity index (χ4n) is 1.67. The first-order chi connectivity index (χ1) is 9.44. The predicted molar refractivity (Wildman–Crippen MR) is 74.1 cm³/mol. The van der Waals surface area contributed by atoms with Gasteiger partial charge in [0.15, 0.2) is 0 Å². The van der Waals surface area contributed by atoms with Gasteiger partial charge in [-0.3, -0.25) is 9.71 Å². The third-order valence-corrected chi connectivity index (χ3v) is 4.17. The smallest absolute Gasteiger partial charge is 0.264 e. The molecule has 0 unspecified atom stereocenters. The highest BCUT2D eigenvalue weighted by molar-refractivity contribution is 7.92. The van der Waals surface area contributed by atoms with Crippen LogP contribution < -0.4 is 10.5 Å². The molecule has 106 valence electrons. The maximum Gasteiger partial charge on any atom is 0.264 e. The summed E-state index contributed by atoms with van der Waals surface area (Å²) < 4.78 is 40.5. The average Bonchev–Trinajstić information content (AvgIpc) is 2.41. The normalized spacial score (nSPS) is 11.3. The number of aromatic nitrogens is 1. The number of rotatable bonds is 4. The van der Waals surface area contributed by atoms with Crippen LogP contribution >= 0.6 is 0 Å². The molecule has 5 nitrogen and oxygen atoms in total. The van der Waals surface area contributed by atoms with Crippen LogP contribution in [-0.4, -0.2) is 13.4 Å². The SMILES string of the molecule is Cc1cnccc1NS(=O)(=O)c1cc(CN)ccc1F. The highest BCUT2D eigenvalue weighted by atomic mass is 32.2. The van der Waals surface area contributed by atoms with Gasteiger partial charge in [0.2, 0.25) is 0 Å². The molecule has 0 atom stereocenters. The number of anilines is 1. The van der Waals surface area contributed by atoms with Crippen molar-refractivity contribution in [1.29, 1.82) is 0 Å². The average molecular weight is 295 g/mol. The van der Waals surface area contributed by atoms with Crippen molar-refractivity contribution in [3.05, 3.63) is 53.6 Å². The monoisotopic (exact) mass is 295 g/mol. The molecule has 0 saturated carbocycles. The van der Waals surface area contributed by atoms with Crippen LogP contribution in [0.4, 0.5) is 10.1 Å². The Hall–Kier alpha value is -1.99. The summed E-state index contributed by atoms with van der Waals surface area (Å²) in [6.07, 6.45) is 2.97. The molecule has 0 amide bonds. The van der Waals surface area contributed by atoms with E-state index in [1.807, 2.05) is 0 Å². The molecule has 1 heterocycles. The molecule has 0 saturated heterocycles. The van der Waals surface area contributed by atoms with Crippen molar-refractivity contribution in [1.82, 2.24) is 4.98 Å². The van der Waals surface area contributed by atoms with Gasteiger partial charge in [0, 0.05) is 18.9 Å². The van der Waals surface area contributed by atoms with Crippen molar-refractivity contribution in [2.75, 3.05) is 4.72 Å². The Kier molecular flexibility index (Phi) is 4.01. The molecule has 0 aliphatic carbocycles. The molecule has 7 heteroatoms. The van der Waals surface area contributed by atoms with Crippen molar-refractivity contribution in [2.24, 2.45) is 5.73 Å². The molecule has 0 spiro atoms. The lowest BCUT2D eigenvalue weighted by molar-refractivity contribution is 0.569. The molecule has 1 aromatic heterocycles. The molecule has 0 bridgehead atoms. The van der Waals surface area contributed by atoms with Crippen molar-refractivity contribution in [3.63, 3.8) is 0 Å². The Bertz CT molecular complexity index is 732. The molecule has 1 aromatic carbocycles. The van der Waals surface area contributed by atoms with Crippen LogP contribution in [0.3, 0.4) is 0 Å². The third-order valence-electron chi connectivity index (χ3n) is 2.79. The van der Waals surface area contributed by atoms with Gasteiger partial charge in [-0.2, -0.15) is 0 Å². The van der Waals surface area contributed by atoms with Crippen molar-refractivity contribution in [3.8, 4) is 0 Å². The number of hydrogen-bond acceptors (Lipinski definition) is 4. The van der Waals surface area contributed by atoms with Crippen molar-refractivity contribution >= 4 is 15.7 Å². The zero-order valence-electron chi connectivity index (χ0n) is 10.8. The van der Waals surface area contributed by atoms with Gasteiger partial charge < -0.3 is 5.73 Å². The molecule has 0 radical (unpaired) electrons. The third kappa shape index (κ3) is 2.94. The molecular formula is C13H14FN3O2S. The number of nitrogens with zero attached hydrogens (tertiary/aromatic N) is 1. The Morgan fingerprint density at radius 3 is 2.75 bits per heavy atom. The van der Waals surface area contributed by atoms with E-state index in [1.54, 1.807) is 6.92 Å². The number of halogens is 1. The van der Waals surface area contributed by atoms with Gasteiger partial charge in [0.05, 0.1) is 5.69 Å². The second-order valence-electron chi connectivity index (χ2n) is 4.26. The largest absolute Gasteiger partial charge is 0.326 e. The summed E-state index contributed by atoms with van der Waals surface area (Å²) in [5, 5.41) is 0. The van der Waals surface area contributed by atoms with E-state index < -0.39 is 20.7 Å². The van der Waals surface area contributed by atoms with Gasteiger partial charge in [-0.05, 0) is 36.2 Å². The molecule has 20 heavy (non-hydrogen) atoms. The second kappa shape index (κ2) is 5.56. The highest BCUT2D eigenvalue weighted by Gasteiger charge is 2.20. The number of nitrogens with one attached hydrogen (secondary N) is 1. The quantitative estimate of drug-likeness (QED) is 0.900. The van der Waals surface area contributed by atoms with Crippen LogP contribution in [0.2, 0.25) is 0 Å². The topological polar surface area (TPSA) is 85.1 Å². The van der Waals surface area contributed by atoms with Crippen LogP contribution in [0.5, 0.6) is 0 Å². The van der Waals surface area contributed by atoms with E-state index in [0.29, 0.717) is 16.8 Å². The minimum Gasteiger partial charge on any atom is -0.326 e. The Balaban J connectivity index is 2.43. The summed E-state index contributed by atoms with van der Waals surface area (Å²) in [5.74, 6) is -0.818. The molecule has 0 aliphatic rings. The first-order valence-electron chi connectivity index (χ1n) is 5.86. The van der Waals surface area contributed by atoms with E-state index in [2.05, 4.69) is 9.71 Å².